The summed E-state index contributed by atoms with van der Waals surface area (Å²) in [5.74, 6) is 0. The van der Waals surface area contributed by atoms with Gasteiger partial charge in [-0.15, -0.1) is 0 Å². The van der Waals surface area contributed by atoms with Crippen LogP contribution in [0, 0.1) is 0 Å². The van der Waals surface area contributed by atoms with Crippen molar-refractivity contribution < 1.29 is 28.8 Å². The topological polar surface area (TPSA) is 66.4 Å². The number of hydrogen-bond acceptors (Lipinski definition) is 6. The van der Waals surface area contributed by atoms with Crippen LogP contribution in [0.1, 0.15) is 67.2 Å². The van der Waals surface area contributed by atoms with Crippen LogP contribution in [0.4, 0.5) is 0 Å². The fourth-order valence-corrected chi connectivity index (χ4v) is 2.28. The Balaban J connectivity index is 3.61. The van der Waals surface area contributed by atoms with Crippen LogP contribution in [0.3, 0.4) is 0 Å². The van der Waals surface area contributed by atoms with Gasteiger partial charge in [-0.25, -0.2) is 0 Å². The Labute approximate surface area is 166 Å². The Morgan fingerprint density at radius 3 is 1.48 bits per heavy atom. The van der Waals surface area contributed by atoms with Crippen LogP contribution in [-0.2, 0) is 23.7 Å². The maximum atomic E-state index is 9.20. The fraction of sp³-hybridized carbons (Fsp3) is 1.00. The molecule has 0 bridgehead atoms. The molecule has 6 heteroatoms. The molecular formula is C21H44O6. The summed E-state index contributed by atoms with van der Waals surface area (Å²) in [4.78, 5) is 0. The quantitative estimate of drug-likeness (QED) is 0.339. The molecule has 0 amide bonds. The van der Waals surface area contributed by atoms with Gasteiger partial charge >= 0.3 is 0 Å². The summed E-state index contributed by atoms with van der Waals surface area (Å²) in [6.45, 7) is 15.1. The Morgan fingerprint density at radius 2 is 1.04 bits per heavy atom. The van der Waals surface area contributed by atoms with Gasteiger partial charge in [0.05, 0.1) is 63.6 Å². The van der Waals surface area contributed by atoms with Crippen molar-refractivity contribution in [2.75, 3.05) is 39.6 Å². The van der Waals surface area contributed by atoms with Crippen molar-refractivity contribution in [3.05, 3.63) is 0 Å². The number of aliphatic hydroxyl groups is 1. The third-order valence-corrected chi connectivity index (χ3v) is 3.96. The van der Waals surface area contributed by atoms with E-state index in [0.717, 1.165) is 13.0 Å². The molecule has 0 aromatic rings. The van der Waals surface area contributed by atoms with Gasteiger partial charge in [0.15, 0.2) is 0 Å². The van der Waals surface area contributed by atoms with Crippen LogP contribution in [0.15, 0.2) is 0 Å². The Hall–Kier alpha value is -0.240. The van der Waals surface area contributed by atoms with Crippen molar-refractivity contribution in [1.29, 1.82) is 0 Å². The van der Waals surface area contributed by atoms with Gasteiger partial charge < -0.3 is 28.8 Å². The van der Waals surface area contributed by atoms with Crippen LogP contribution < -0.4 is 0 Å². The maximum absolute atomic E-state index is 9.20. The van der Waals surface area contributed by atoms with E-state index in [9.17, 15) is 5.11 Å². The number of rotatable bonds is 19. The van der Waals surface area contributed by atoms with Gasteiger partial charge in [0, 0.05) is 6.61 Å². The molecule has 27 heavy (non-hydrogen) atoms. The average molecular weight is 393 g/mol. The van der Waals surface area contributed by atoms with Gasteiger partial charge in [-0.2, -0.15) is 0 Å². The first kappa shape index (κ1) is 26.8. The van der Waals surface area contributed by atoms with Gasteiger partial charge in [-0.05, 0) is 41.0 Å². The van der Waals surface area contributed by atoms with Crippen molar-refractivity contribution in [2.45, 2.75) is 97.7 Å². The Kier molecular flexibility index (Phi) is 17.7. The van der Waals surface area contributed by atoms with Gasteiger partial charge in [0.2, 0.25) is 0 Å². The van der Waals surface area contributed by atoms with E-state index in [1.54, 1.807) is 6.92 Å². The minimum atomic E-state index is -0.456. The normalized spacial score (nSPS) is 17.4. The van der Waals surface area contributed by atoms with Crippen LogP contribution in [0.25, 0.3) is 0 Å². The van der Waals surface area contributed by atoms with E-state index in [4.69, 9.17) is 23.7 Å². The average Bonchev–Trinajstić information content (AvgIpc) is 2.63. The standard InChI is InChI=1S/C21H44O6/c1-7-8-9-10-11-23-13-18(3)25-15-20(5)27-16-21(6)26-14-19(4)24-12-17(2)22/h17-22H,7-16H2,1-6H3. The largest absolute Gasteiger partial charge is 0.391 e. The summed E-state index contributed by atoms with van der Waals surface area (Å²) in [6, 6.07) is 0. The predicted octanol–water partition coefficient (Wildman–Crippen LogP) is 3.58. The molecule has 0 radical (unpaired) electrons. The summed E-state index contributed by atoms with van der Waals surface area (Å²) < 4.78 is 28.4. The molecule has 6 nitrogen and oxygen atoms in total. The fourth-order valence-electron chi connectivity index (χ4n) is 2.28. The summed E-state index contributed by atoms with van der Waals surface area (Å²) >= 11 is 0. The molecule has 5 unspecified atom stereocenters. The Morgan fingerprint density at radius 1 is 0.593 bits per heavy atom. The molecule has 0 aromatic carbocycles. The summed E-state index contributed by atoms with van der Waals surface area (Å²) in [5, 5.41) is 9.20. The smallest absolute Gasteiger partial charge is 0.0781 e. The number of unbranched alkanes of at least 4 members (excludes halogenated alkanes) is 3. The van der Waals surface area contributed by atoms with E-state index < -0.39 is 6.10 Å². The number of hydrogen-bond donors (Lipinski definition) is 1. The van der Waals surface area contributed by atoms with Crippen LogP contribution >= 0.6 is 0 Å². The first-order chi connectivity index (χ1) is 12.8. The lowest BCUT2D eigenvalue weighted by Crippen LogP contribution is -2.29. The molecule has 0 rings (SSSR count). The lowest BCUT2D eigenvalue weighted by molar-refractivity contribution is -0.0960. The van der Waals surface area contributed by atoms with E-state index in [0.29, 0.717) is 33.0 Å². The lowest BCUT2D eigenvalue weighted by Gasteiger charge is -2.21. The summed E-state index contributed by atoms with van der Waals surface area (Å²) in [6.07, 6.45) is 4.44. The highest BCUT2D eigenvalue weighted by Crippen LogP contribution is 2.03. The molecule has 0 saturated heterocycles. The molecule has 0 saturated carbocycles. The predicted molar refractivity (Wildman–Crippen MR) is 108 cm³/mol. The second kappa shape index (κ2) is 17.8. The molecule has 0 aliphatic rings. The number of aliphatic hydroxyl groups excluding tert-OH is 1. The monoisotopic (exact) mass is 392 g/mol. The number of ether oxygens (including phenoxy) is 5. The maximum Gasteiger partial charge on any atom is 0.0781 e. The minimum Gasteiger partial charge on any atom is -0.391 e. The second-order valence-corrected chi connectivity index (χ2v) is 7.56. The molecule has 0 aromatic heterocycles. The van der Waals surface area contributed by atoms with Gasteiger partial charge in [-0.1, -0.05) is 26.2 Å². The van der Waals surface area contributed by atoms with E-state index >= 15 is 0 Å². The van der Waals surface area contributed by atoms with Crippen LogP contribution in [-0.4, -0.2) is 75.3 Å². The zero-order valence-corrected chi connectivity index (χ0v) is 18.4. The highest BCUT2D eigenvalue weighted by atomic mass is 16.6. The molecule has 0 aliphatic heterocycles. The van der Waals surface area contributed by atoms with Gasteiger partial charge in [-0.3, -0.25) is 0 Å². The van der Waals surface area contributed by atoms with E-state index in [2.05, 4.69) is 6.92 Å². The highest BCUT2D eigenvalue weighted by molar-refractivity contribution is 4.57. The molecule has 164 valence electrons. The van der Waals surface area contributed by atoms with Crippen molar-refractivity contribution in [3.63, 3.8) is 0 Å². The first-order valence-corrected chi connectivity index (χ1v) is 10.6. The van der Waals surface area contributed by atoms with Gasteiger partial charge in [0.1, 0.15) is 0 Å². The van der Waals surface area contributed by atoms with E-state index in [-0.39, 0.29) is 24.4 Å². The van der Waals surface area contributed by atoms with E-state index in [1.807, 2.05) is 27.7 Å². The summed E-state index contributed by atoms with van der Waals surface area (Å²) in [7, 11) is 0. The highest BCUT2D eigenvalue weighted by Gasteiger charge is 2.12. The van der Waals surface area contributed by atoms with Crippen molar-refractivity contribution in [1.82, 2.24) is 0 Å². The van der Waals surface area contributed by atoms with Crippen LogP contribution in [0.2, 0.25) is 0 Å². The second-order valence-electron chi connectivity index (χ2n) is 7.56. The summed E-state index contributed by atoms with van der Waals surface area (Å²) in [5.41, 5.74) is 0. The van der Waals surface area contributed by atoms with Crippen molar-refractivity contribution in [3.8, 4) is 0 Å². The molecule has 5 atom stereocenters. The third kappa shape index (κ3) is 18.9. The zero-order chi connectivity index (χ0) is 20.5. The van der Waals surface area contributed by atoms with Gasteiger partial charge in [0.25, 0.3) is 0 Å². The third-order valence-electron chi connectivity index (χ3n) is 3.96. The van der Waals surface area contributed by atoms with Crippen LogP contribution in [0.5, 0.6) is 0 Å². The lowest BCUT2D eigenvalue weighted by atomic mass is 10.2. The first-order valence-electron chi connectivity index (χ1n) is 10.6. The van der Waals surface area contributed by atoms with E-state index in [1.165, 1.54) is 19.3 Å². The molecule has 0 heterocycles. The SMILES string of the molecule is CCCCCCOCC(C)OCC(C)OCC(C)OCC(C)OCC(C)O. The molecule has 0 aliphatic carbocycles. The minimum absolute atomic E-state index is 0.00645. The molecule has 0 spiro atoms. The molecular weight excluding hydrogens is 348 g/mol. The van der Waals surface area contributed by atoms with Crippen molar-refractivity contribution >= 4 is 0 Å². The van der Waals surface area contributed by atoms with Crippen molar-refractivity contribution in [2.24, 2.45) is 0 Å². The zero-order valence-electron chi connectivity index (χ0n) is 18.4. The molecule has 0 fully saturated rings. The molecule has 1 N–H and O–H groups in total. The Bertz CT molecular complexity index is 313.